The minimum absolute atomic E-state index is 0.0167. The van der Waals surface area contributed by atoms with Crippen LogP contribution in [-0.4, -0.2) is 35.0 Å². The summed E-state index contributed by atoms with van der Waals surface area (Å²) in [5.41, 5.74) is 1.45. The van der Waals surface area contributed by atoms with E-state index in [9.17, 15) is 9.59 Å². The third kappa shape index (κ3) is 2.23. The van der Waals surface area contributed by atoms with E-state index in [1.54, 1.807) is 0 Å². The number of hydrogen-bond acceptors (Lipinski definition) is 3. The van der Waals surface area contributed by atoms with Crippen LogP contribution in [0.1, 0.15) is 71.6 Å². The Morgan fingerprint density at radius 3 is 2.68 bits per heavy atom. The standard InChI is InChI=1S/C23H33N3O2/c1-4-22(2,3)23-13-18-19(27)24-16-11-7-5-9-14(16)20(28)26(18)21(23)25-17-12-8-6-10-15(17)23/h4,15,17-18,21,25H,1,5-13H2,2-3H3,(H,24,27)/t15?,17?,18-,21-,23+/m0/s1. The smallest absolute Gasteiger partial charge is 0.253 e. The van der Waals surface area contributed by atoms with Crippen molar-refractivity contribution in [1.29, 1.82) is 0 Å². The van der Waals surface area contributed by atoms with Gasteiger partial charge in [0.2, 0.25) is 5.91 Å². The molecule has 0 bridgehead atoms. The summed E-state index contributed by atoms with van der Waals surface area (Å²) < 4.78 is 0. The quantitative estimate of drug-likeness (QED) is 0.720. The van der Waals surface area contributed by atoms with Gasteiger partial charge in [0, 0.05) is 22.7 Å². The normalized spacial score (nSPS) is 40.3. The summed E-state index contributed by atoms with van der Waals surface area (Å²) in [5, 5.41) is 7.02. The topological polar surface area (TPSA) is 61.4 Å². The number of amides is 2. The van der Waals surface area contributed by atoms with Crippen LogP contribution < -0.4 is 10.6 Å². The number of hydrogen-bond donors (Lipinski definition) is 2. The molecule has 3 fully saturated rings. The zero-order chi connectivity index (χ0) is 19.7. The number of carbonyl (C=O) groups is 2. The first-order valence-corrected chi connectivity index (χ1v) is 11.2. The maximum atomic E-state index is 13.7. The van der Waals surface area contributed by atoms with Crippen molar-refractivity contribution in [3.05, 3.63) is 23.9 Å². The summed E-state index contributed by atoms with van der Waals surface area (Å²) >= 11 is 0. The van der Waals surface area contributed by atoms with E-state index in [4.69, 9.17) is 0 Å². The Morgan fingerprint density at radius 2 is 1.89 bits per heavy atom. The van der Waals surface area contributed by atoms with Crippen molar-refractivity contribution in [2.24, 2.45) is 16.7 Å². The van der Waals surface area contributed by atoms with Crippen LogP contribution in [0.4, 0.5) is 0 Å². The fraction of sp³-hybridized carbons (Fsp3) is 0.739. The van der Waals surface area contributed by atoms with E-state index in [0.29, 0.717) is 12.0 Å². The second kappa shape index (κ2) is 6.19. The fourth-order valence-electron chi connectivity index (χ4n) is 7.12. The highest BCUT2D eigenvalue weighted by atomic mass is 16.2. The van der Waals surface area contributed by atoms with Gasteiger partial charge in [-0.2, -0.15) is 0 Å². The average molecular weight is 384 g/mol. The van der Waals surface area contributed by atoms with Gasteiger partial charge in [0.05, 0.1) is 6.17 Å². The van der Waals surface area contributed by atoms with E-state index < -0.39 is 0 Å². The zero-order valence-electron chi connectivity index (χ0n) is 17.2. The van der Waals surface area contributed by atoms with Crippen molar-refractivity contribution >= 4 is 11.8 Å². The van der Waals surface area contributed by atoms with Gasteiger partial charge in [-0.25, -0.2) is 0 Å². The molecule has 5 nitrogen and oxygen atoms in total. The van der Waals surface area contributed by atoms with E-state index in [0.717, 1.165) is 43.4 Å². The molecule has 5 heteroatoms. The Balaban J connectivity index is 1.63. The molecule has 0 aromatic carbocycles. The number of rotatable bonds is 2. The number of nitrogens with zero attached hydrogens (tertiary/aromatic N) is 1. The van der Waals surface area contributed by atoms with Crippen molar-refractivity contribution in [3.8, 4) is 0 Å². The molecule has 0 aromatic heterocycles. The third-order valence-electron chi connectivity index (χ3n) is 8.68. The molecular weight excluding hydrogens is 350 g/mol. The third-order valence-corrected chi connectivity index (χ3v) is 8.68. The second-order valence-corrected chi connectivity index (χ2v) is 10.1. The molecule has 2 amide bonds. The Morgan fingerprint density at radius 1 is 1.14 bits per heavy atom. The molecule has 0 spiro atoms. The van der Waals surface area contributed by atoms with Crippen LogP contribution in [0.15, 0.2) is 23.9 Å². The molecule has 2 unspecified atom stereocenters. The monoisotopic (exact) mass is 383 g/mol. The molecule has 28 heavy (non-hydrogen) atoms. The Bertz CT molecular complexity index is 770. The molecule has 152 valence electrons. The first kappa shape index (κ1) is 18.4. The minimum atomic E-state index is -0.377. The number of carbonyl (C=O) groups excluding carboxylic acids is 2. The van der Waals surface area contributed by atoms with Crippen molar-refractivity contribution < 1.29 is 9.59 Å². The van der Waals surface area contributed by atoms with E-state index in [2.05, 4.69) is 37.1 Å². The summed E-state index contributed by atoms with van der Waals surface area (Å²) in [7, 11) is 0. The lowest BCUT2D eigenvalue weighted by molar-refractivity contribution is -0.137. The van der Waals surface area contributed by atoms with Crippen LogP contribution in [0.5, 0.6) is 0 Å². The number of nitrogens with one attached hydrogen (secondary N) is 2. The molecule has 0 aromatic rings. The molecule has 2 saturated heterocycles. The predicted octanol–water partition coefficient (Wildman–Crippen LogP) is 3.23. The van der Waals surface area contributed by atoms with Gasteiger partial charge in [0.15, 0.2) is 0 Å². The molecule has 2 N–H and O–H groups in total. The molecule has 3 heterocycles. The van der Waals surface area contributed by atoms with Crippen LogP contribution in [0.2, 0.25) is 0 Å². The van der Waals surface area contributed by atoms with Crippen LogP contribution >= 0.6 is 0 Å². The largest absolute Gasteiger partial charge is 0.328 e. The van der Waals surface area contributed by atoms with E-state index in [-0.39, 0.29) is 34.9 Å². The molecule has 0 radical (unpaired) electrons. The Kier molecular flexibility index (Phi) is 4.07. The predicted molar refractivity (Wildman–Crippen MR) is 108 cm³/mol. The van der Waals surface area contributed by atoms with Crippen molar-refractivity contribution in [2.45, 2.75) is 89.9 Å². The molecule has 1 saturated carbocycles. The summed E-state index contributed by atoms with van der Waals surface area (Å²) in [4.78, 5) is 28.9. The highest BCUT2D eigenvalue weighted by Gasteiger charge is 2.69. The second-order valence-electron chi connectivity index (χ2n) is 10.1. The fourth-order valence-corrected chi connectivity index (χ4v) is 7.12. The maximum absolute atomic E-state index is 13.7. The maximum Gasteiger partial charge on any atom is 0.253 e. The lowest BCUT2D eigenvalue weighted by atomic mass is 9.55. The molecule has 2 aliphatic carbocycles. The van der Waals surface area contributed by atoms with Gasteiger partial charge in [-0.1, -0.05) is 32.8 Å². The van der Waals surface area contributed by atoms with Crippen molar-refractivity contribution in [2.75, 3.05) is 0 Å². The SMILES string of the molecule is C=CC(C)(C)[C@@]12C[C@H]3C(=O)NC4=C(CCCC4)C(=O)N3[C@@H]1NC1CCCCC12. The number of allylic oxidation sites excluding steroid dienone is 2. The van der Waals surface area contributed by atoms with E-state index >= 15 is 0 Å². The Labute approximate surface area is 168 Å². The van der Waals surface area contributed by atoms with Crippen LogP contribution in [-0.2, 0) is 9.59 Å². The molecule has 5 aliphatic rings. The average Bonchev–Trinajstić information content (AvgIpc) is 3.17. The first-order valence-electron chi connectivity index (χ1n) is 11.2. The zero-order valence-corrected chi connectivity index (χ0v) is 17.2. The molecule has 5 atom stereocenters. The van der Waals surface area contributed by atoms with Gasteiger partial charge >= 0.3 is 0 Å². The molecule has 3 aliphatic heterocycles. The van der Waals surface area contributed by atoms with Gasteiger partial charge in [0.25, 0.3) is 5.91 Å². The van der Waals surface area contributed by atoms with Crippen molar-refractivity contribution in [3.63, 3.8) is 0 Å². The van der Waals surface area contributed by atoms with Crippen molar-refractivity contribution in [1.82, 2.24) is 15.5 Å². The minimum Gasteiger partial charge on any atom is -0.328 e. The van der Waals surface area contributed by atoms with Gasteiger partial charge < -0.3 is 10.2 Å². The lowest BCUT2D eigenvalue weighted by Crippen LogP contribution is -2.54. The van der Waals surface area contributed by atoms with Crippen LogP contribution in [0.25, 0.3) is 0 Å². The molecule has 5 rings (SSSR count). The van der Waals surface area contributed by atoms with Crippen LogP contribution in [0, 0.1) is 16.7 Å². The lowest BCUT2D eigenvalue weighted by Gasteiger charge is -2.48. The summed E-state index contributed by atoms with van der Waals surface area (Å²) in [6.07, 6.45) is 11.3. The van der Waals surface area contributed by atoms with Gasteiger partial charge in [0.1, 0.15) is 6.04 Å². The Hall–Kier alpha value is -1.62. The molecular formula is C23H33N3O2. The van der Waals surface area contributed by atoms with Gasteiger partial charge in [-0.15, -0.1) is 6.58 Å². The first-order chi connectivity index (χ1) is 13.4. The highest BCUT2D eigenvalue weighted by molar-refractivity contribution is 6.01. The van der Waals surface area contributed by atoms with E-state index in [1.807, 2.05) is 4.90 Å². The van der Waals surface area contributed by atoms with Gasteiger partial charge in [-0.05, 0) is 56.3 Å². The highest BCUT2D eigenvalue weighted by Crippen LogP contribution is 2.63. The van der Waals surface area contributed by atoms with Gasteiger partial charge in [-0.3, -0.25) is 14.9 Å². The number of fused-ring (bicyclic) bond motifs is 5. The summed E-state index contributed by atoms with van der Waals surface area (Å²) in [6, 6.07) is 0.0653. The van der Waals surface area contributed by atoms with E-state index in [1.165, 1.54) is 25.7 Å². The summed E-state index contributed by atoms with van der Waals surface area (Å²) in [6.45, 7) is 8.68. The summed E-state index contributed by atoms with van der Waals surface area (Å²) in [5.74, 6) is 0.602. The van der Waals surface area contributed by atoms with Crippen LogP contribution in [0.3, 0.4) is 0 Å².